The predicted octanol–water partition coefficient (Wildman–Crippen LogP) is 2.36. The number of aliphatic hydroxyl groups excluding tert-OH is 1. The van der Waals surface area contributed by atoms with Gasteiger partial charge in [0.05, 0.1) is 19.1 Å². The average molecular weight is 272 g/mol. The minimum absolute atomic E-state index is 0.161. The van der Waals surface area contributed by atoms with Crippen LogP contribution in [0.1, 0.15) is 46.5 Å². The standard InChI is InChI=1S/C13H24N2O4/c1-4-6-7-8-9-15(18)14-11(3)12(16)10-13(17)19-5-2/h8-9,11-12,16H,4-7,10H2,1-3H3/b9-8+,15-14?. The number of rotatable bonds is 9. The molecule has 0 spiro atoms. The van der Waals surface area contributed by atoms with E-state index in [2.05, 4.69) is 12.0 Å². The molecule has 0 aromatic carbocycles. The molecule has 6 nitrogen and oxygen atoms in total. The lowest BCUT2D eigenvalue weighted by Crippen LogP contribution is -2.26. The molecule has 0 aliphatic rings. The Balaban J connectivity index is 4.20. The summed E-state index contributed by atoms with van der Waals surface area (Å²) >= 11 is 0. The fraction of sp³-hybridized carbons (Fsp3) is 0.769. The highest BCUT2D eigenvalue weighted by atomic mass is 16.5. The Morgan fingerprint density at radius 3 is 2.79 bits per heavy atom. The second-order valence-electron chi connectivity index (χ2n) is 4.26. The van der Waals surface area contributed by atoms with Crippen molar-refractivity contribution in [2.75, 3.05) is 6.61 Å². The van der Waals surface area contributed by atoms with E-state index in [1.54, 1.807) is 19.9 Å². The Morgan fingerprint density at radius 1 is 1.53 bits per heavy atom. The third-order valence-corrected chi connectivity index (χ3v) is 2.49. The van der Waals surface area contributed by atoms with Crippen molar-refractivity contribution in [2.24, 2.45) is 5.11 Å². The molecule has 19 heavy (non-hydrogen) atoms. The second kappa shape index (κ2) is 10.5. The molecular formula is C13H24N2O4. The first kappa shape index (κ1) is 17.6. The molecule has 0 saturated carbocycles. The number of hydrogen-bond acceptors (Lipinski definition) is 5. The van der Waals surface area contributed by atoms with Crippen LogP contribution in [0.25, 0.3) is 0 Å². The van der Waals surface area contributed by atoms with Crippen LogP contribution >= 0.6 is 0 Å². The summed E-state index contributed by atoms with van der Waals surface area (Å²) in [5, 5.41) is 24.8. The molecule has 6 heteroatoms. The Kier molecular flexibility index (Phi) is 9.70. The predicted molar refractivity (Wildman–Crippen MR) is 71.4 cm³/mol. The first-order chi connectivity index (χ1) is 9.01. The van der Waals surface area contributed by atoms with Crippen molar-refractivity contribution in [1.82, 2.24) is 0 Å². The monoisotopic (exact) mass is 272 g/mol. The molecule has 1 N–H and O–H groups in total. The third kappa shape index (κ3) is 9.18. The van der Waals surface area contributed by atoms with Gasteiger partial charge in [-0.3, -0.25) is 4.79 Å². The molecule has 0 aliphatic heterocycles. The highest BCUT2D eigenvalue weighted by molar-refractivity contribution is 5.69. The maximum atomic E-state index is 11.4. The molecule has 0 radical (unpaired) electrons. The fourth-order valence-electron chi connectivity index (χ4n) is 1.34. The number of azo groups is 1. The number of allylic oxidation sites excluding steroid dienone is 1. The lowest BCUT2D eigenvalue weighted by molar-refractivity contribution is -0.463. The Morgan fingerprint density at radius 2 is 2.21 bits per heavy atom. The number of nitrogens with zero attached hydrogens (tertiary/aromatic N) is 2. The van der Waals surface area contributed by atoms with Crippen LogP contribution in [-0.2, 0) is 9.53 Å². The summed E-state index contributed by atoms with van der Waals surface area (Å²) < 4.78 is 4.71. The van der Waals surface area contributed by atoms with Crippen molar-refractivity contribution in [3.8, 4) is 0 Å². The van der Waals surface area contributed by atoms with Crippen LogP contribution < -0.4 is 0 Å². The maximum absolute atomic E-state index is 11.4. The normalized spacial score (nSPS) is 15.5. The van der Waals surface area contributed by atoms with Crippen LogP contribution in [0.2, 0.25) is 0 Å². The van der Waals surface area contributed by atoms with E-state index in [0.717, 1.165) is 19.3 Å². The Labute approximate surface area is 114 Å². The molecule has 0 heterocycles. The van der Waals surface area contributed by atoms with Crippen LogP contribution in [0, 0.1) is 5.21 Å². The number of ether oxygens (including phenoxy) is 1. The lowest BCUT2D eigenvalue weighted by Gasteiger charge is -2.11. The minimum atomic E-state index is -1.01. The topological polar surface area (TPSA) is 85.0 Å². The highest BCUT2D eigenvalue weighted by Crippen LogP contribution is 2.05. The zero-order chi connectivity index (χ0) is 14.7. The molecule has 0 aromatic heterocycles. The summed E-state index contributed by atoms with van der Waals surface area (Å²) in [6.45, 7) is 5.61. The maximum Gasteiger partial charge on any atom is 0.308 e. The molecular weight excluding hydrogens is 248 g/mol. The number of esters is 1. The van der Waals surface area contributed by atoms with Crippen molar-refractivity contribution in [2.45, 2.75) is 58.6 Å². The molecule has 2 unspecified atom stereocenters. The SMILES string of the molecule is CCCC/C=C/[N+]([O-])=NC(C)C(O)CC(=O)OCC. The highest BCUT2D eigenvalue weighted by Gasteiger charge is 2.20. The summed E-state index contributed by atoms with van der Waals surface area (Å²) in [6, 6.07) is -0.655. The molecule has 0 amide bonds. The fourth-order valence-corrected chi connectivity index (χ4v) is 1.34. The van der Waals surface area contributed by atoms with Gasteiger partial charge in [-0.15, -0.1) is 0 Å². The molecule has 0 rings (SSSR count). The summed E-state index contributed by atoms with van der Waals surface area (Å²) in [5.74, 6) is -0.493. The summed E-state index contributed by atoms with van der Waals surface area (Å²) in [5.41, 5.74) is 0. The van der Waals surface area contributed by atoms with Crippen LogP contribution in [0.5, 0.6) is 0 Å². The van der Waals surface area contributed by atoms with Gasteiger partial charge in [0, 0.05) is 0 Å². The number of carbonyl (C=O) groups is 1. The number of hydrogen-bond donors (Lipinski definition) is 1. The molecule has 0 fully saturated rings. The van der Waals surface area contributed by atoms with E-state index in [0.29, 0.717) is 4.86 Å². The van der Waals surface area contributed by atoms with Crippen LogP contribution in [0.15, 0.2) is 17.4 Å². The van der Waals surface area contributed by atoms with Gasteiger partial charge < -0.3 is 15.1 Å². The molecule has 110 valence electrons. The van der Waals surface area contributed by atoms with E-state index in [4.69, 9.17) is 4.74 Å². The number of carbonyl (C=O) groups excluding carboxylic acids is 1. The number of hydroxylamine groups is 1. The summed E-state index contributed by atoms with van der Waals surface area (Å²) in [6.07, 6.45) is 4.80. The molecule has 2 atom stereocenters. The molecule has 0 bridgehead atoms. The average Bonchev–Trinajstić information content (AvgIpc) is 2.34. The van der Waals surface area contributed by atoms with Gasteiger partial charge in [-0.05, 0) is 37.9 Å². The largest absolute Gasteiger partial charge is 0.595 e. The van der Waals surface area contributed by atoms with E-state index in [1.165, 1.54) is 6.20 Å². The smallest absolute Gasteiger partial charge is 0.308 e. The molecule has 0 aromatic rings. The summed E-state index contributed by atoms with van der Waals surface area (Å²) in [4.78, 5) is 11.6. The van der Waals surface area contributed by atoms with Gasteiger partial charge in [0.15, 0.2) is 0 Å². The lowest BCUT2D eigenvalue weighted by atomic mass is 10.1. The quantitative estimate of drug-likeness (QED) is 0.229. The van der Waals surface area contributed by atoms with Crippen LogP contribution in [0.3, 0.4) is 0 Å². The zero-order valence-corrected chi connectivity index (χ0v) is 11.9. The minimum Gasteiger partial charge on any atom is -0.595 e. The van der Waals surface area contributed by atoms with Crippen LogP contribution in [-0.4, -0.2) is 34.7 Å². The number of aliphatic hydroxyl groups is 1. The first-order valence-electron chi connectivity index (χ1n) is 6.68. The third-order valence-electron chi connectivity index (χ3n) is 2.49. The van der Waals surface area contributed by atoms with Crippen molar-refractivity contribution in [3.05, 3.63) is 17.5 Å². The van der Waals surface area contributed by atoms with Gasteiger partial charge >= 0.3 is 5.97 Å². The van der Waals surface area contributed by atoms with Gasteiger partial charge in [-0.2, -0.15) is 0 Å². The van der Waals surface area contributed by atoms with E-state index < -0.39 is 18.1 Å². The summed E-state index contributed by atoms with van der Waals surface area (Å²) in [7, 11) is 0. The van der Waals surface area contributed by atoms with Gasteiger partial charge in [0.25, 0.3) is 0 Å². The van der Waals surface area contributed by atoms with E-state index >= 15 is 0 Å². The molecule has 0 aliphatic carbocycles. The van der Waals surface area contributed by atoms with E-state index in [1.807, 2.05) is 0 Å². The van der Waals surface area contributed by atoms with Gasteiger partial charge in [-0.1, -0.05) is 18.2 Å². The first-order valence-corrected chi connectivity index (χ1v) is 6.68. The number of unbranched alkanes of at least 4 members (excludes halogenated alkanes) is 2. The zero-order valence-electron chi connectivity index (χ0n) is 11.9. The van der Waals surface area contributed by atoms with Gasteiger partial charge in [0.1, 0.15) is 6.04 Å². The van der Waals surface area contributed by atoms with Crippen LogP contribution in [0.4, 0.5) is 0 Å². The van der Waals surface area contributed by atoms with Crippen molar-refractivity contribution >= 4 is 5.97 Å². The Bertz CT molecular complexity index is 316. The van der Waals surface area contributed by atoms with Crippen molar-refractivity contribution < 1.29 is 19.5 Å². The van der Waals surface area contributed by atoms with Gasteiger partial charge in [0.2, 0.25) is 6.20 Å². The van der Waals surface area contributed by atoms with Gasteiger partial charge in [-0.25, -0.2) is 0 Å². The van der Waals surface area contributed by atoms with E-state index in [9.17, 15) is 15.1 Å². The van der Waals surface area contributed by atoms with Crippen molar-refractivity contribution in [3.63, 3.8) is 0 Å². The molecule has 0 saturated heterocycles. The Hall–Kier alpha value is -1.43. The van der Waals surface area contributed by atoms with Crippen molar-refractivity contribution in [1.29, 1.82) is 0 Å². The second-order valence-corrected chi connectivity index (χ2v) is 4.26. The van der Waals surface area contributed by atoms with E-state index in [-0.39, 0.29) is 13.0 Å².